The summed E-state index contributed by atoms with van der Waals surface area (Å²) in [5.41, 5.74) is 1.20. The predicted octanol–water partition coefficient (Wildman–Crippen LogP) is 5.04. The van der Waals surface area contributed by atoms with Gasteiger partial charge >= 0.3 is 11.9 Å². The third-order valence-electron chi connectivity index (χ3n) is 7.63. The number of carbonyl (C=O) groups is 3. The molecule has 5 nitrogen and oxygen atoms in total. The lowest BCUT2D eigenvalue weighted by atomic mass is 9.51. The molecule has 168 valence electrons. The minimum Gasteiger partial charge on any atom is -0.458 e. The molecule has 0 amide bonds. The highest BCUT2D eigenvalue weighted by Gasteiger charge is 2.58. The number of carbonyl (C=O) groups excluding carboxylic acids is 3. The van der Waals surface area contributed by atoms with Crippen molar-refractivity contribution in [2.45, 2.75) is 86.4 Å². The molecule has 2 aliphatic rings. The Morgan fingerprint density at radius 3 is 2.40 bits per heavy atom. The Morgan fingerprint density at radius 2 is 1.87 bits per heavy atom. The Balaban J connectivity index is 2.52. The standard InChI is InChI=1S/C25H38O5/c1-9-15(5)23(27)29-21-19(14(3)4)13-25(8)17(7)11-18(26)12-20(25)22(21)30-24(28)16(6)10-2/h10,15,17,19-22H,3,9,11-13H2,1-2,4-8H3/b16-10+/t15-,17+,19-,20-,21-,22+,25-/m1/s1. The van der Waals surface area contributed by atoms with Gasteiger partial charge in [0, 0.05) is 30.3 Å². The van der Waals surface area contributed by atoms with E-state index in [1.807, 2.05) is 20.8 Å². The summed E-state index contributed by atoms with van der Waals surface area (Å²) in [5, 5.41) is 0. The normalized spacial score (nSPS) is 35.2. The molecule has 0 spiro atoms. The van der Waals surface area contributed by atoms with Crippen molar-refractivity contribution in [2.75, 3.05) is 0 Å². The molecule has 0 aromatic carbocycles. The number of hydrogen-bond donors (Lipinski definition) is 0. The number of rotatable bonds is 6. The maximum absolute atomic E-state index is 12.7. The van der Waals surface area contributed by atoms with Crippen LogP contribution >= 0.6 is 0 Å². The van der Waals surface area contributed by atoms with E-state index in [4.69, 9.17) is 9.47 Å². The predicted molar refractivity (Wildman–Crippen MR) is 117 cm³/mol. The Bertz CT molecular complexity index is 736. The van der Waals surface area contributed by atoms with Crippen LogP contribution in [0.5, 0.6) is 0 Å². The Hall–Kier alpha value is -1.91. The summed E-state index contributed by atoms with van der Waals surface area (Å²) in [6, 6.07) is 0. The molecule has 0 aromatic rings. The van der Waals surface area contributed by atoms with E-state index in [0.29, 0.717) is 24.8 Å². The summed E-state index contributed by atoms with van der Waals surface area (Å²) in [4.78, 5) is 38.0. The van der Waals surface area contributed by atoms with E-state index >= 15 is 0 Å². The second-order valence-corrected chi connectivity index (χ2v) is 9.67. The van der Waals surface area contributed by atoms with Gasteiger partial charge in [-0.1, -0.05) is 45.9 Å². The number of allylic oxidation sites excluding steroid dienone is 1. The second-order valence-electron chi connectivity index (χ2n) is 9.67. The van der Waals surface area contributed by atoms with Gasteiger partial charge in [-0.2, -0.15) is 0 Å². The average molecular weight is 419 g/mol. The van der Waals surface area contributed by atoms with Crippen LogP contribution in [-0.4, -0.2) is 29.9 Å². The smallest absolute Gasteiger partial charge is 0.333 e. The van der Waals surface area contributed by atoms with Gasteiger partial charge in [0.2, 0.25) is 0 Å². The molecule has 30 heavy (non-hydrogen) atoms. The van der Waals surface area contributed by atoms with Gasteiger partial charge in [0.05, 0.1) is 5.92 Å². The zero-order valence-corrected chi connectivity index (χ0v) is 19.6. The van der Waals surface area contributed by atoms with Gasteiger partial charge < -0.3 is 9.47 Å². The van der Waals surface area contributed by atoms with E-state index in [2.05, 4.69) is 20.4 Å². The summed E-state index contributed by atoms with van der Waals surface area (Å²) in [6.45, 7) is 17.6. The fraction of sp³-hybridized carbons (Fsp3) is 0.720. The summed E-state index contributed by atoms with van der Waals surface area (Å²) >= 11 is 0. The van der Waals surface area contributed by atoms with Crippen molar-refractivity contribution in [1.29, 1.82) is 0 Å². The van der Waals surface area contributed by atoms with Gasteiger partial charge in [-0.05, 0) is 44.9 Å². The van der Waals surface area contributed by atoms with Crippen LogP contribution in [0.2, 0.25) is 0 Å². The van der Waals surface area contributed by atoms with Crippen LogP contribution in [0.4, 0.5) is 0 Å². The van der Waals surface area contributed by atoms with Crippen LogP contribution in [0.3, 0.4) is 0 Å². The van der Waals surface area contributed by atoms with Crippen molar-refractivity contribution in [2.24, 2.45) is 29.1 Å². The second kappa shape index (κ2) is 9.49. The van der Waals surface area contributed by atoms with Crippen molar-refractivity contribution < 1.29 is 23.9 Å². The van der Waals surface area contributed by atoms with E-state index in [9.17, 15) is 14.4 Å². The lowest BCUT2D eigenvalue weighted by Gasteiger charge is -2.56. The van der Waals surface area contributed by atoms with Gasteiger partial charge in [0.25, 0.3) is 0 Å². The quantitative estimate of drug-likeness (QED) is 0.343. The molecule has 2 saturated carbocycles. The van der Waals surface area contributed by atoms with Crippen LogP contribution in [0.15, 0.2) is 23.8 Å². The largest absolute Gasteiger partial charge is 0.458 e. The third kappa shape index (κ3) is 4.70. The maximum Gasteiger partial charge on any atom is 0.333 e. The van der Waals surface area contributed by atoms with Crippen LogP contribution < -0.4 is 0 Å². The van der Waals surface area contributed by atoms with Crippen LogP contribution in [0.25, 0.3) is 0 Å². The molecule has 2 rings (SSSR count). The van der Waals surface area contributed by atoms with E-state index in [1.165, 1.54) is 0 Å². The van der Waals surface area contributed by atoms with Crippen molar-refractivity contribution in [3.63, 3.8) is 0 Å². The Labute approximate surface area is 181 Å². The number of ether oxygens (including phenoxy) is 2. The van der Waals surface area contributed by atoms with Gasteiger partial charge in [0.1, 0.15) is 18.0 Å². The van der Waals surface area contributed by atoms with Gasteiger partial charge in [-0.25, -0.2) is 4.79 Å². The fourth-order valence-electron chi connectivity index (χ4n) is 4.90. The molecule has 0 heterocycles. The molecule has 0 bridgehead atoms. The first-order valence-electron chi connectivity index (χ1n) is 11.2. The lowest BCUT2D eigenvalue weighted by molar-refractivity contribution is -0.202. The monoisotopic (exact) mass is 418 g/mol. The van der Waals surface area contributed by atoms with Crippen molar-refractivity contribution in [3.8, 4) is 0 Å². The van der Waals surface area contributed by atoms with Crippen molar-refractivity contribution in [1.82, 2.24) is 0 Å². The van der Waals surface area contributed by atoms with Gasteiger partial charge in [0.15, 0.2) is 0 Å². The molecule has 2 aliphatic carbocycles. The molecule has 2 fully saturated rings. The Morgan fingerprint density at radius 1 is 1.23 bits per heavy atom. The van der Waals surface area contributed by atoms with E-state index < -0.39 is 18.2 Å². The molecule has 0 radical (unpaired) electrons. The molecule has 0 saturated heterocycles. The molecule has 0 aliphatic heterocycles. The van der Waals surface area contributed by atoms with Gasteiger partial charge in [-0.15, -0.1) is 0 Å². The minimum atomic E-state index is -0.674. The molecule has 5 heteroatoms. The van der Waals surface area contributed by atoms with E-state index in [0.717, 1.165) is 12.0 Å². The minimum absolute atomic E-state index is 0.126. The SMILES string of the molecule is C=C(C)[C@H]1C[C@@]2(C)[C@H](CC(=O)C[C@@H]2C)[C@H](OC(=O)/C(C)=C/C)[C@@H]1OC(=O)[C@H](C)CC. The molecule has 0 aromatic heterocycles. The number of esters is 2. The highest BCUT2D eigenvalue weighted by atomic mass is 16.6. The van der Waals surface area contributed by atoms with E-state index in [1.54, 1.807) is 19.9 Å². The topological polar surface area (TPSA) is 69.7 Å². The Kier molecular flexibility index (Phi) is 7.70. The lowest BCUT2D eigenvalue weighted by Crippen LogP contribution is -2.60. The summed E-state index contributed by atoms with van der Waals surface area (Å²) in [7, 11) is 0. The first-order chi connectivity index (χ1) is 14.0. The third-order valence-corrected chi connectivity index (χ3v) is 7.63. The van der Waals surface area contributed by atoms with E-state index in [-0.39, 0.29) is 40.8 Å². The summed E-state index contributed by atoms with van der Waals surface area (Å²) < 4.78 is 12.0. The molecule has 0 N–H and O–H groups in total. The molecule has 0 unspecified atom stereocenters. The highest BCUT2D eigenvalue weighted by Crippen LogP contribution is 2.56. The summed E-state index contributed by atoms with van der Waals surface area (Å²) in [6.07, 6.45) is 2.70. The fourth-order valence-corrected chi connectivity index (χ4v) is 4.90. The highest BCUT2D eigenvalue weighted by molar-refractivity contribution is 5.88. The number of ketones is 1. The number of fused-ring (bicyclic) bond motifs is 1. The number of Topliss-reactive ketones (excluding diaryl/α,β-unsaturated/α-hetero) is 1. The molecule has 7 atom stereocenters. The summed E-state index contributed by atoms with van der Waals surface area (Å²) in [5.74, 6) is -0.954. The maximum atomic E-state index is 12.7. The zero-order chi connectivity index (χ0) is 22.8. The van der Waals surface area contributed by atoms with Crippen LogP contribution in [0.1, 0.15) is 74.1 Å². The first-order valence-corrected chi connectivity index (χ1v) is 11.2. The zero-order valence-electron chi connectivity index (χ0n) is 19.6. The van der Waals surface area contributed by atoms with Crippen molar-refractivity contribution >= 4 is 17.7 Å². The average Bonchev–Trinajstić information content (AvgIpc) is 2.69. The molecular formula is C25H38O5. The van der Waals surface area contributed by atoms with Crippen LogP contribution in [0, 0.1) is 29.1 Å². The number of hydrogen-bond acceptors (Lipinski definition) is 5. The van der Waals surface area contributed by atoms with Crippen LogP contribution in [-0.2, 0) is 23.9 Å². The molecular weight excluding hydrogens is 380 g/mol. The van der Waals surface area contributed by atoms with Crippen molar-refractivity contribution in [3.05, 3.63) is 23.8 Å². The first kappa shape index (κ1) is 24.4. The van der Waals surface area contributed by atoms with Gasteiger partial charge in [-0.3, -0.25) is 9.59 Å².